The van der Waals surface area contributed by atoms with Gasteiger partial charge in [-0.05, 0) is 52.4 Å². The summed E-state index contributed by atoms with van der Waals surface area (Å²) in [7, 11) is 4.49. The molecule has 0 saturated carbocycles. The molecular formula is C14H29N3O. The average Bonchev–Trinajstić information content (AvgIpc) is 2.40. The Bertz CT molecular complexity index is 223. The van der Waals surface area contributed by atoms with Crippen LogP contribution in [-0.2, 0) is 4.74 Å². The van der Waals surface area contributed by atoms with Gasteiger partial charge in [0.2, 0.25) is 0 Å². The van der Waals surface area contributed by atoms with Crippen LogP contribution in [0.2, 0.25) is 0 Å². The highest BCUT2D eigenvalue weighted by Gasteiger charge is 2.19. The fourth-order valence-electron chi connectivity index (χ4n) is 2.95. The van der Waals surface area contributed by atoms with Crippen LogP contribution in [0.5, 0.6) is 0 Å². The molecule has 0 amide bonds. The fourth-order valence-corrected chi connectivity index (χ4v) is 2.95. The summed E-state index contributed by atoms with van der Waals surface area (Å²) in [4.78, 5) is 4.94. The minimum absolute atomic E-state index is 0.429. The van der Waals surface area contributed by atoms with Crippen LogP contribution in [0.1, 0.15) is 19.3 Å². The molecule has 0 aromatic heterocycles. The molecule has 2 aliphatic rings. The first-order valence-electron chi connectivity index (χ1n) is 7.43. The number of hydrogen-bond donors (Lipinski definition) is 1. The average molecular weight is 255 g/mol. The topological polar surface area (TPSA) is 27.7 Å². The van der Waals surface area contributed by atoms with E-state index in [9.17, 15) is 0 Å². The highest BCUT2D eigenvalue weighted by Crippen LogP contribution is 2.17. The Kier molecular flexibility index (Phi) is 5.89. The van der Waals surface area contributed by atoms with Crippen molar-refractivity contribution in [1.29, 1.82) is 0 Å². The summed E-state index contributed by atoms with van der Waals surface area (Å²) >= 11 is 0. The monoisotopic (exact) mass is 255 g/mol. The molecule has 0 aromatic rings. The number of morpholine rings is 1. The molecule has 0 bridgehead atoms. The highest BCUT2D eigenvalue weighted by atomic mass is 16.5. The van der Waals surface area contributed by atoms with Crippen molar-refractivity contribution in [3.8, 4) is 0 Å². The normalized spacial score (nSPS) is 27.8. The molecule has 2 heterocycles. The van der Waals surface area contributed by atoms with Crippen molar-refractivity contribution in [3.63, 3.8) is 0 Å². The zero-order valence-corrected chi connectivity index (χ0v) is 12.0. The van der Waals surface area contributed by atoms with E-state index in [0.717, 1.165) is 32.0 Å². The van der Waals surface area contributed by atoms with Gasteiger partial charge in [-0.3, -0.25) is 0 Å². The van der Waals surface area contributed by atoms with Crippen LogP contribution < -0.4 is 5.32 Å². The fraction of sp³-hybridized carbons (Fsp3) is 1.00. The molecular weight excluding hydrogens is 226 g/mol. The maximum atomic E-state index is 5.74. The van der Waals surface area contributed by atoms with Crippen molar-refractivity contribution in [3.05, 3.63) is 0 Å². The quantitative estimate of drug-likeness (QED) is 0.780. The summed E-state index contributed by atoms with van der Waals surface area (Å²) in [5.74, 6) is 0.900. The van der Waals surface area contributed by atoms with Crippen LogP contribution in [0.4, 0.5) is 0 Å². The first-order chi connectivity index (χ1) is 8.74. The molecule has 1 N–H and O–H groups in total. The van der Waals surface area contributed by atoms with Crippen LogP contribution in [0.3, 0.4) is 0 Å². The van der Waals surface area contributed by atoms with Gasteiger partial charge in [0.05, 0.1) is 12.7 Å². The van der Waals surface area contributed by atoms with Gasteiger partial charge in [-0.15, -0.1) is 0 Å². The Labute approximate surface area is 112 Å². The van der Waals surface area contributed by atoms with E-state index in [2.05, 4.69) is 29.2 Å². The number of nitrogens with zero attached hydrogens (tertiary/aromatic N) is 2. The Morgan fingerprint density at radius 2 is 2.11 bits per heavy atom. The van der Waals surface area contributed by atoms with E-state index >= 15 is 0 Å². The Morgan fingerprint density at radius 3 is 2.78 bits per heavy atom. The van der Waals surface area contributed by atoms with E-state index in [1.54, 1.807) is 0 Å². The number of ether oxygens (including phenoxy) is 1. The predicted octanol–water partition coefficient (Wildman–Crippen LogP) is 0.639. The molecule has 2 saturated heterocycles. The summed E-state index contributed by atoms with van der Waals surface area (Å²) in [6, 6.07) is 0. The van der Waals surface area contributed by atoms with Gasteiger partial charge in [0.1, 0.15) is 0 Å². The van der Waals surface area contributed by atoms with Gasteiger partial charge < -0.3 is 19.9 Å². The van der Waals surface area contributed by atoms with Crippen LogP contribution in [-0.4, -0.2) is 75.9 Å². The van der Waals surface area contributed by atoms with Gasteiger partial charge in [0.15, 0.2) is 0 Å². The first kappa shape index (κ1) is 14.3. The molecule has 2 fully saturated rings. The molecule has 0 aliphatic carbocycles. The second-order valence-electron chi connectivity index (χ2n) is 5.99. The van der Waals surface area contributed by atoms with Gasteiger partial charge in [0, 0.05) is 26.2 Å². The van der Waals surface area contributed by atoms with Crippen molar-refractivity contribution < 1.29 is 4.74 Å². The zero-order chi connectivity index (χ0) is 12.8. The van der Waals surface area contributed by atoms with Crippen LogP contribution in [0.15, 0.2) is 0 Å². The molecule has 4 nitrogen and oxygen atoms in total. The minimum Gasteiger partial charge on any atom is -0.376 e. The summed E-state index contributed by atoms with van der Waals surface area (Å²) in [6.45, 7) is 7.89. The van der Waals surface area contributed by atoms with Gasteiger partial charge in [0.25, 0.3) is 0 Å². The summed E-state index contributed by atoms with van der Waals surface area (Å²) in [6.07, 6.45) is 4.32. The van der Waals surface area contributed by atoms with E-state index in [4.69, 9.17) is 4.74 Å². The van der Waals surface area contributed by atoms with E-state index in [1.165, 1.54) is 39.0 Å². The SMILES string of the molecule is CN1CCC(CN(C)CCC2CNCCO2)CC1. The van der Waals surface area contributed by atoms with E-state index in [-0.39, 0.29) is 0 Å². The molecule has 0 aromatic carbocycles. The van der Waals surface area contributed by atoms with Gasteiger partial charge in [-0.2, -0.15) is 0 Å². The largest absolute Gasteiger partial charge is 0.376 e. The lowest BCUT2D eigenvalue weighted by Gasteiger charge is -2.32. The predicted molar refractivity (Wildman–Crippen MR) is 74.9 cm³/mol. The number of hydrogen-bond acceptors (Lipinski definition) is 4. The molecule has 2 rings (SSSR count). The third kappa shape index (κ3) is 4.84. The van der Waals surface area contributed by atoms with Crippen molar-refractivity contribution in [2.45, 2.75) is 25.4 Å². The van der Waals surface area contributed by atoms with Gasteiger partial charge in [-0.1, -0.05) is 0 Å². The summed E-state index contributed by atoms with van der Waals surface area (Å²) in [5.41, 5.74) is 0. The van der Waals surface area contributed by atoms with Crippen molar-refractivity contribution in [1.82, 2.24) is 15.1 Å². The third-order valence-electron chi connectivity index (χ3n) is 4.25. The summed E-state index contributed by atoms with van der Waals surface area (Å²) < 4.78 is 5.74. The standard InChI is InChI=1S/C14H29N3O/c1-16-7-3-13(4-8-16)12-17(2)9-5-14-11-15-6-10-18-14/h13-15H,3-12H2,1-2H3. The second kappa shape index (κ2) is 7.43. The number of rotatable bonds is 5. The molecule has 1 unspecified atom stereocenters. The lowest BCUT2D eigenvalue weighted by Crippen LogP contribution is -2.41. The van der Waals surface area contributed by atoms with E-state index in [1.807, 2.05) is 0 Å². The van der Waals surface area contributed by atoms with Crippen LogP contribution in [0.25, 0.3) is 0 Å². The molecule has 4 heteroatoms. The lowest BCUT2D eigenvalue weighted by molar-refractivity contribution is 0.0175. The van der Waals surface area contributed by atoms with Crippen molar-refractivity contribution in [2.75, 3.05) is 60.0 Å². The Balaban J connectivity index is 1.58. The molecule has 106 valence electrons. The van der Waals surface area contributed by atoms with Gasteiger partial charge >= 0.3 is 0 Å². The summed E-state index contributed by atoms with van der Waals surface area (Å²) in [5, 5.41) is 3.40. The molecule has 0 spiro atoms. The van der Waals surface area contributed by atoms with E-state index < -0.39 is 0 Å². The number of likely N-dealkylation sites (tertiary alicyclic amines) is 1. The van der Waals surface area contributed by atoms with E-state index in [0.29, 0.717) is 6.10 Å². The maximum Gasteiger partial charge on any atom is 0.0712 e. The molecule has 1 atom stereocenters. The molecule has 0 radical (unpaired) electrons. The lowest BCUT2D eigenvalue weighted by atomic mass is 9.96. The maximum absolute atomic E-state index is 5.74. The highest BCUT2D eigenvalue weighted by molar-refractivity contribution is 4.74. The second-order valence-corrected chi connectivity index (χ2v) is 5.99. The van der Waals surface area contributed by atoms with Crippen LogP contribution >= 0.6 is 0 Å². The minimum atomic E-state index is 0.429. The van der Waals surface area contributed by atoms with Gasteiger partial charge in [-0.25, -0.2) is 0 Å². The van der Waals surface area contributed by atoms with Crippen LogP contribution in [0, 0.1) is 5.92 Å². The molecule has 2 aliphatic heterocycles. The molecule has 18 heavy (non-hydrogen) atoms. The van der Waals surface area contributed by atoms with Crippen molar-refractivity contribution in [2.24, 2.45) is 5.92 Å². The van der Waals surface area contributed by atoms with Crippen molar-refractivity contribution >= 4 is 0 Å². The smallest absolute Gasteiger partial charge is 0.0712 e. The first-order valence-corrected chi connectivity index (χ1v) is 7.43. The zero-order valence-electron chi connectivity index (χ0n) is 12.0. The Hall–Kier alpha value is -0.160. The third-order valence-corrected chi connectivity index (χ3v) is 4.25. The number of piperidine rings is 1. The number of nitrogens with one attached hydrogen (secondary N) is 1. The Morgan fingerprint density at radius 1 is 1.33 bits per heavy atom.